The maximum atomic E-state index is 13.0. The van der Waals surface area contributed by atoms with E-state index in [2.05, 4.69) is 0 Å². The fourth-order valence-electron chi connectivity index (χ4n) is 3.39. The number of hydrogen-bond donors (Lipinski definition) is 1. The van der Waals surface area contributed by atoms with Crippen molar-refractivity contribution in [2.75, 3.05) is 6.61 Å². The lowest BCUT2D eigenvalue weighted by molar-refractivity contribution is -0.141. The SMILES string of the molecule is CCOC(=O)c1c(-c2ccc(Cl)c(Cl)c2)n(CC)c(Cn2[nH]c(C(F)(F)F)cc2=O)cc1=O. The molecule has 0 spiro atoms. The van der Waals surface area contributed by atoms with Crippen LogP contribution in [0.15, 0.2) is 39.9 Å². The number of alkyl halides is 3. The number of aromatic nitrogens is 3. The second-order valence-corrected chi connectivity index (χ2v) is 7.72. The van der Waals surface area contributed by atoms with Crippen molar-refractivity contribution in [1.82, 2.24) is 14.3 Å². The van der Waals surface area contributed by atoms with Gasteiger partial charge in [0.1, 0.15) is 11.3 Å². The fourth-order valence-corrected chi connectivity index (χ4v) is 3.69. The number of nitrogens with zero attached hydrogens (tertiary/aromatic N) is 2. The van der Waals surface area contributed by atoms with Gasteiger partial charge in [-0.2, -0.15) is 13.2 Å². The monoisotopic (exact) mass is 503 g/mol. The first-order chi connectivity index (χ1) is 15.5. The molecule has 0 aliphatic heterocycles. The van der Waals surface area contributed by atoms with Crippen LogP contribution in [0.5, 0.6) is 0 Å². The Morgan fingerprint density at radius 2 is 1.79 bits per heavy atom. The van der Waals surface area contributed by atoms with Crippen LogP contribution in [0, 0.1) is 0 Å². The van der Waals surface area contributed by atoms with E-state index in [4.69, 9.17) is 27.9 Å². The van der Waals surface area contributed by atoms with Crippen molar-refractivity contribution in [2.24, 2.45) is 0 Å². The number of carbonyl (C=O) groups is 1. The minimum atomic E-state index is -4.74. The van der Waals surface area contributed by atoms with Crippen LogP contribution in [-0.2, 0) is 24.0 Å². The summed E-state index contributed by atoms with van der Waals surface area (Å²) in [4.78, 5) is 37.7. The zero-order valence-corrected chi connectivity index (χ0v) is 18.9. The van der Waals surface area contributed by atoms with Crippen molar-refractivity contribution in [2.45, 2.75) is 33.1 Å². The molecular formula is C21H18Cl2F3N3O4. The molecule has 0 unspecified atom stereocenters. The summed E-state index contributed by atoms with van der Waals surface area (Å²) in [6.07, 6.45) is -4.74. The molecule has 7 nitrogen and oxygen atoms in total. The van der Waals surface area contributed by atoms with Crippen molar-refractivity contribution >= 4 is 29.2 Å². The van der Waals surface area contributed by atoms with Gasteiger partial charge in [0.25, 0.3) is 5.56 Å². The molecule has 3 aromatic rings. The lowest BCUT2D eigenvalue weighted by atomic mass is 10.0. The Kier molecular flexibility index (Phi) is 7.08. The summed E-state index contributed by atoms with van der Waals surface area (Å²) in [6, 6.07) is 6.01. The number of benzene rings is 1. The number of pyridine rings is 1. The Morgan fingerprint density at radius 3 is 2.33 bits per heavy atom. The van der Waals surface area contributed by atoms with E-state index in [1.54, 1.807) is 19.9 Å². The van der Waals surface area contributed by atoms with Crippen molar-refractivity contribution in [3.63, 3.8) is 0 Å². The molecule has 2 aromatic heterocycles. The van der Waals surface area contributed by atoms with Gasteiger partial charge in [-0.15, -0.1) is 0 Å². The minimum absolute atomic E-state index is 0.0189. The molecule has 0 saturated heterocycles. The number of halogens is 5. The third kappa shape index (κ3) is 5.01. The summed E-state index contributed by atoms with van der Waals surface area (Å²) in [5, 5.41) is 2.42. The quantitative estimate of drug-likeness (QED) is 0.499. The van der Waals surface area contributed by atoms with Crippen LogP contribution < -0.4 is 11.0 Å². The first-order valence-electron chi connectivity index (χ1n) is 9.74. The smallest absolute Gasteiger partial charge is 0.432 e. The van der Waals surface area contributed by atoms with E-state index in [1.165, 1.54) is 16.7 Å². The van der Waals surface area contributed by atoms with Gasteiger partial charge >= 0.3 is 12.1 Å². The lowest BCUT2D eigenvalue weighted by Crippen LogP contribution is -2.27. The highest BCUT2D eigenvalue weighted by molar-refractivity contribution is 6.42. The van der Waals surface area contributed by atoms with Crippen molar-refractivity contribution in [3.8, 4) is 11.3 Å². The fraction of sp³-hybridized carbons (Fsp3) is 0.286. The number of carbonyl (C=O) groups excluding carboxylic acids is 1. The Balaban J connectivity index is 2.27. The summed E-state index contributed by atoms with van der Waals surface area (Å²) in [6.45, 7) is 3.14. The first-order valence-corrected chi connectivity index (χ1v) is 10.5. The second-order valence-electron chi connectivity index (χ2n) is 6.91. The highest BCUT2D eigenvalue weighted by Crippen LogP contribution is 2.31. The van der Waals surface area contributed by atoms with Gasteiger partial charge in [-0.05, 0) is 26.0 Å². The van der Waals surface area contributed by atoms with E-state index >= 15 is 0 Å². The predicted octanol–water partition coefficient (Wildman–Crippen LogP) is 4.58. The Hall–Kier alpha value is -2.98. The van der Waals surface area contributed by atoms with Gasteiger partial charge < -0.3 is 9.30 Å². The number of hydrogen-bond acceptors (Lipinski definition) is 4. The molecule has 0 aliphatic carbocycles. The number of esters is 1. The normalized spacial score (nSPS) is 11.6. The van der Waals surface area contributed by atoms with Gasteiger partial charge in [0.15, 0.2) is 5.43 Å². The summed E-state index contributed by atoms with van der Waals surface area (Å²) in [5.74, 6) is -0.867. The summed E-state index contributed by atoms with van der Waals surface area (Å²) < 4.78 is 46.3. The predicted molar refractivity (Wildman–Crippen MR) is 117 cm³/mol. The lowest BCUT2D eigenvalue weighted by Gasteiger charge is -2.21. The number of aromatic amines is 1. The van der Waals surface area contributed by atoms with E-state index in [1.807, 2.05) is 5.10 Å². The third-order valence-electron chi connectivity index (χ3n) is 4.80. The molecule has 0 amide bonds. The minimum Gasteiger partial charge on any atom is -0.462 e. The molecule has 0 bridgehead atoms. The van der Waals surface area contributed by atoms with E-state index in [0.29, 0.717) is 11.6 Å². The number of nitrogens with one attached hydrogen (secondary N) is 1. The van der Waals surface area contributed by atoms with Crippen molar-refractivity contribution < 1.29 is 22.7 Å². The highest BCUT2D eigenvalue weighted by atomic mass is 35.5. The number of ether oxygens (including phenoxy) is 1. The molecule has 0 saturated carbocycles. The number of rotatable bonds is 6. The maximum absolute atomic E-state index is 13.0. The van der Waals surface area contributed by atoms with Crippen LogP contribution in [0.1, 0.15) is 35.6 Å². The summed E-state index contributed by atoms with van der Waals surface area (Å²) in [7, 11) is 0. The molecular weight excluding hydrogens is 486 g/mol. The van der Waals surface area contributed by atoms with Gasteiger partial charge in [0.05, 0.1) is 28.9 Å². The Labute approximate surface area is 195 Å². The summed E-state index contributed by atoms with van der Waals surface area (Å²) in [5.41, 5.74) is -2.43. The van der Waals surface area contributed by atoms with Gasteiger partial charge in [-0.3, -0.25) is 14.7 Å². The van der Waals surface area contributed by atoms with Gasteiger partial charge in [0, 0.05) is 29.9 Å². The molecule has 33 heavy (non-hydrogen) atoms. The zero-order chi connectivity index (χ0) is 24.5. The van der Waals surface area contributed by atoms with Crippen LogP contribution in [-0.4, -0.2) is 26.9 Å². The number of H-pyrrole nitrogens is 1. The molecule has 0 atom stereocenters. The maximum Gasteiger partial charge on any atom is 0.432 e. The second kappa shape index (κ2) is 9.48. The Morgan fingerprint density at radius 1 is 1.09 bits per heavy atom. The average Bonchev–Trinajstić information content (AvgIpc) is 3.10. The molecule has 1 aromatic carbocycles. The van der Waals surface area contributed by atoms with Crippen LogP contribution in [0.2, 0.25) is 10.0 Å². The molecule has 12 heteroatoms. The van der Waals surface area contributed by atoms with E-state index < -0.39 is 28.8 Å². The largest absolute Gasteiger partial charge is 0.462 e. The van der Waals surface area contributed by atoms with Crippen LogP contribution in [0.4, 0.5) is 13.2 Å². The molecule has 1 N–H and O–H groups in total. The van der Waals surface area contributed by atoms with Crippen LogP contribution in [0.25, 0.3) is 11.3 Å². The topological polar surface area (TPSA) is 86.1 Å². The standard InChI is InChI=1S/C21H18Cl2F3N3O4/c1-3-28-12(10-29-17(31)9-16(27-29)21(24,25)26)8-15(30)18(20(32)33-4-2)19(28)11-5-6-13(22)14(23)7-11/h5-9,27H,3-4,10H2,1-2H3. The van der Waals surface area contributed by atoms with Gasteiger partial charge in [-0.1, -0.05) is 29.3 Å². The van der Waals surface area contributed by atoms with Crippen molar-refractivity contribution in [1.29, 1.82) is 0 Å². The van der Waals surface area contributed by atoms with Crippen LogP contribution in [0.3, 0.4) is 0 Å². The first kappa shape index (κ1) is 24.7. The van der Waals surface area contributed by atoms with E-state index in [9.17, 15) is 27.6 Å². The van der Waals surface area contributed by atoms with E-state index in [0.717, 1.165) is 10.7 Å². The highest BCUT2D eigenvalue weighted by Gasteiger charge is 2.33. The third-order valence-corrected chi connectivity index (χ3v) is 5.54. The van der Waals surface area contributed by atoms with E-state index in [-0.39, 0.29) is 46.7 Å². The average molecular weight is 504 g/mol. The molecule has 0 radical (unpaired) electrons. The molecule has 176 valence electrons. The van der Waals surface area contributed by atoms with Gasteiger partial charge in [-0.25, -0.2) is 9.48 Å². The zero-order valence-electron chi connectivity index (χ0n) is 17.4. The molecule has 3 rings (SSSR count). The van der Waals surface area contributed by atoms with Crippen LogP contribution >= 0.6 is 23.2 Å². The summed E-state index contributed by atoms with van der Waals surface area (Å²) >= 11 is 12.1. The molecule has 2 heterocycles. The molecule has 0 fully saturated rings. The Bertz CT molecular complexity index is 1330. The van der Waals surface area contributed by atoms with Crippen molar-refractivity contribution in [3.05, 3.63) is 77.9 Å². The van der Waals surface area contributed by atoms with Gasteiger partial charge in [0.2, 0.25) is 0 Å². The molecule has 0 aliphatic rings.